The van der Waals surface area contributed by atoms with Crippen LogP contribution in [0.1, 0.15) is 0 Å². The van der Waals surface area contributed by atoms with Crippen LogP contribution < -0.4 is 11.5 Å². The largest absolute Gasteiger partial charge is 0.401 e. The van der Waals surface area contributed by atoms with E-state index in [-0.39, 0.29) is 0 Å². The van der Waals surface area contributed by atoms with E-state index in [1.807, 2.05) is 0 Å². The zero-order valence-electron chi connectivity index (χ0n) is 6.20. The highest BCUT2D eigenvalue weighted by Gasteiger charge is 2.54. The summed E-state index contributed by atoms with van der Waals surface area (Å²) in [5, 5.41) is 1.68. The van der Waals surface area contributed by atoms with Gasteiger partial charge in [-0.05, 0) is 23.8 Å². The maximum Gasteiger partial charge on any atom is 0.0244 e. The summed E-state index contributed by atoms with van der Waals surface area (Å²) in [5.74, 6) is 1.74. The van der Waals surface area contributed by atoms with Crippen LogP contribution in [0.2, 0.25) is 0 Å². The van der Waals surface area contributed by atoms with E-state index in [2.05, 4.69) is 18.7 Å². The predicted octanol–water partition coefficient (Wildman–Crippen LogP) is 0.477. The zero-order chi connectivity index (χ0) is 8.01. The third kappa shape index (κ3) is 0.844. The molecule has 4 N–H and O–H groups in total. The molecule has 2 unspecified atom stereocenters. The number of fused-ring (bicyclic) bond motifs is 1. The van der Waals surface area contributed by atoms with Gasteiger partial charge in [0.15, 0.2) is 0 Å². The Morgan fingerprint density at radius 1 is 1.73 bits per heavy atom. The van der Waals surface area contributed by atoms with E-state index in [0.29, 0.717) is 17.8 Å². The van der Waals surface area contributed by atoms with Crippen molar-refractivity contribution < 1.29 is 0 Å². The average Bonchev–Trinajstić information content (AvgIpc) is 2.54. The number of hydrogen-bond donors (Lipinski definition) is 3. The fraction of sp³-hybridized carbons (Fsp3) is 0.500. The van der Waals surface area contributed by atoms with E-state index in [4.69, 9.17) is 11.5 Å². The molecule has 11 heavy (non-hydrogen) atoms. The van der Waals surface area contributed by atoms with Crippen LogP contribution in [0.5, 0.6) is 0 Å². The second kappa shape index (κ2) is 2.29. The van der Waals surface area contributed by atoms with Crippen molar-refractivity contribution in [2.75, 3.05) is 6.54 Å². The normalized spacial score (nSPS) is 40.7. The molecular weight excluding hydrogens is 156 g/mol. The van der Waals surface area contributed by atoms with Crippen molar-refractivity contribution in [3.63, 3.8) is 0 Å². The molecule has 3 atom stereocenters. The van der Waals surface area contributed by atoms with Gasteiger partial charge < -0.3 is 11.5 Å². The molecule has 0 aromatic rings. The van der Waals surface area contributed by atoms with E-state index >= 15 is 0 Å². The van der Waals surface area contributed by atoms with E-state index in [1.165, 1.54) is 5.57 Å². The van der Waals surface area contributed by atoms with Gasteiger partial charge in [0.2, 0.25) is 0 Å². The molecule has 3 heteroatoms. The lowest BCUT2D eigenvalue weighted by Gasteiger charge is -2.16. The van der Waals surface area contributed by atoms with Gasteiger partial charge in [0.25, 0.3) is 0 Å². The molecule has 0 spiro atoms. The van der Waals surface area contributed by atoms with Crippen LogP contribution in [0.25, 0.3) is 0 Å². The third-order valence-corrected chi connectivity index (χ3v) is 2.98. The van der Waals surface area contributed by atoms with Crippen LogP contribution in [-0.2, 0) is 0 Å². The lowest BCUT2D eigenvalue weighted by molar-refractivity contribution is 0.578. The molecule has 2 nitrogen and oxygen atoms in total. The molecule has 0 radical (unpaired) electrons. The lowest BCUT2D eigenvalue weighted by atomic mass is 9.92. The Balaban J connectivity index is 2.03. The molecule has 0 aromatic carbocycles. The molecule has 2 rings (SSSR count). The molecule has 0 heterocycles. The molecule has 0 bridgehead atoms. The second-order valence-electron chi connectivity index (χ2n) is 3.19. The first-order valence-corrected chi connectivity index (χ1v) is 4.32. The Hall–Kier alpha value is -0.410. The van der Waals surface area contributed by atoms with Crippen molar-refractivity contribution in [1.29, 1.82) is 0 Å². The van der Waals surface area contributed by atoms with Crippen molar-refractivity contribution in [1.82, 2.24) is 0 Å². The summed E-state index contributed by atoms with van der Waals surface area (Å²) in [4.78, 5) is 0. The standard InChI is InChI=1S/C8H12N2S/c9-2-6-4-1-5(8(4)6)7(10)3-11/h1,3,5-6,8,11H,2,9-10H2/b7-3-/t5?,6?,8-/m0/s1. The predicted molar refractivity (Wildman–Crippen MR) is 48.9 cm³/mol. The number of thiol groups is 1. The van der Waals surface area contributed by atoms with Crippen LogP contribution in [0.15, 0.2) is 22.8 Å². The molecule has 1 saturated carbocycles. The summed E-state index contributed by atoms with van der Waals surface area (Å²) in [7, 11) is 0. The highest BCUT2D eigenvalue weighted by molar-refractivity contribution is 7.83. The minimum absolute atomic E-state index is 0.441. The second-order valence-corrected chi connectivity index (χ2v) is 3.45. The van der Waals surface area contributed by atoms with Crippen molar-refractivity contribution in [2.24, 2.45) is 29.2 Å². The molecule has 0 saturated heterocycles. The lowest BCUT2D eigenvalue weighted by Crippen LogP contribution is -2.16. The first kappa shape index (κ1) is 7.25. The van der Waals surface area contributed by atoms with E-state index in [1.54, 1.807) is 5.41 Å². The average molecular weight is 168 g/mol. The van der Waals surface area contributed by atoms with E-state index in [0.717, 1.165) is 12.2 Å². The topological polar surface area (TPSA) is 52.0 Å². The number of rotatable bonds is 2. The quantitative estimate of drug-likeness (QED) is 0.415. The molecular formula is C8H12N2S. The minimum Gasteiger partial charge on any atom is -0.401 e. The van der Waals surface area contributed by atoms with Gasteiger partial charge in [-0.1, -0.05) is 11.6 Å². The molecule has 2 aliphatic rings. The fourth-order valence-electron chi connectivity index (χ4n) is 1.92. The summed E-state index contributed by atoms with van der Waals surface area (Å²) in [6.07, 6.45) is 2.21. The van der Waals surface area contributed by atoms with Crippen LogP contribution in [0, 0.1) is 17.8 Å². The highest BCUT2D eigenvalue weighted by atomic mass is 32.1. The summed E-state index contributed by atoms with van der Waals surface area (Å²) >= 11 is 4.01. The smallest absolute Gasteiger partial charge is 0.0244 e. The molecule has 0 amide bonds. The number of allylic oxidation sites excluding steroid dienone is 1. The zero-order valence-corrected chi connectivity index (χ0v) is 7.09. The molecule has 0 aromatic heterocycles. The monoisotopic (exact) mass is 168 g/mol. The summed E-state index contributed by atoms with van der Waals surface area (Å²) in [5.41, 5.74) is 13.6. The third-order valence-electron chi connectivity index (χ3n) is 2.68. The van der Waals surface area contributed by atoms with Gasteiger partial charge in [0.05, 0.1) is 0 Å². The Kier molecular flexibility index (Phi) is 1.51. The molecule has 1 fully saturated rings. The fourth-order valence-corrected chi connectivity index (χ4v) is 2.09. The van der Waals surface area contributed by atoms with Crippen molar-refractivity contribution in [3.05, 3.63) is 22.8 Å². The Morgan fingerprint density at radius 2 is 2.45 bits per heavy atom. The van der Waals surface area contributed by atoms with Gasteiger partial charge >= 0.3 is 0 Å². The maximum absolute atomic E-state index is 5.71. The number of nitrogens with two attached hydrogens (primary N) is 2. The minimum atomic E-state index is 0.441. The summed E-state index contributed by atoms with van der Waals surface area (Å²) in [6.45, 7) is 0.771. The highest BCUT2D eigenvalue weighted by Crippen LogP contribution is 2.60. The van der Waals surface area contributed by atoms with Gasteiger partial charge in [0, 0.05) is 11.6 Å². The van der Waals surface area contributed by atoms with Gasteiger partial charge in [0.1, 0.15) is 0 Å². The number of hydrogen-bond acceptors (Lipinski definition) is 3. The summed E-state index contributed by atoms with van der Waals surface area (Å²) in [6, 6.07) is 0. The first-order chi connectivity index (χ1) is 5.29. The molecule has 60 valence electrons. The first-order valence-electron chi connectivity index (χ1n) is 3.81. The van der Waals surface area contributed by atoms with Crippen molar-refractivity contribution >= 4 is 12.6 Å². The van der Waals surface area contributed by atoms with E-state index in [9.17, 15) is 0 Å². The SMILES string of the molecule is NCC1C2=CC(/C(N)=C/S)[C@H]21. The maximum atomic E-state index is 5.71. The Bertz CT molecular complexity index is 244. The van der Waals surface area contributed by atoms with E-state index < -0.39 is 0 Å². The van der Waals surface area contributed by atoms with Crippen molar-refractivity contribution in [2.45, 2.75) is 0 Å². The van der Waals surface area contributed by atoms with Gasteiger partial charge in [-0.15, -0.1) is 12.6 Å². The van der Waals surface area contributed by atoms with Crippen LogP contribution in [0.3, 0.4) is 0 Å². The van der Waals surface area contributed by atoms with Crippen LogP contribution in [-0.4, -0.2) is 6.54 Å². The molecule has 2 aliphatic carbocycles. The van der Waals surface area contributed by atoms with Crippen LogP contribution in [0.4, 0.5) is 0 Å². The van der Waals surface area contributed by atoms with Gasteiger partial charge in [-0.3, -0.25) is 0 Å². The van der Waals surface area contributed by atoms with Crippen molar-refractivity contribution in [3.8, 4) is 0 Å². The summed E-state index contributed by atoms with van der Waals surface area (Å²) < 4.78 is 0. The van der Waals surface area contributed by atoms with Gasteiger partial charge in [-0.2, -0.15) is 0 Å². The molecule has 0 aliphatic heterocycles. The Morgan fingerprint density at radius 3 is 2.91 bits per heavy atom. The van der Waals surface area contributed by atoms with Gasteiger partial charge in [-0.25, -0.2) is 0 Å². The Labute approximate surface area is 71.7 Å². The van der Waals surface area contributed by atoms with Crippen LogP contribution >= 0.6 is 12.6 Å².